The van der Waals surface area contributed by atoms with Crippen LogP contribution < -0.4 is 5.32 Å². The minimum Gasteiger partial charge on any atom is -0.481 e. The largest absolute Gasteiger partial charge is 0.481 e. The first kappa shape index (κ1) is 18.4. The van der Waals surface area contributed by atoms with E-state index in [0.29, 0.717) is 18.6 Å². The number of nitrogens with one attached hydrogen (secondary N) is 1. The number of halogens is 2. The predicted octanol–water partition coefficient (Wildman–Crippen LogP) is 2.93. The molecule has 1 aromatic rings. The van der Waals surface area contributed by atoms with E-state index in [4.69, 9.17) is 21.4 Å². The minimum absolute atomic E-state index is 0.0521. The number of rotatable bonds is 9. The highest BCUT2D eigenvalue weighted by molar-refractivity contribution is 6.30. The number of carboxylic acids is 1. The molecule has 0 heterocycles. The van der Waals surface area contributed by atoms with Gasteiger partial charge in [0, 0.05) is 20.1 Å². The number of aliphatic carboxylic acids is 1. The van der Waals surface area contributed by atoms with Crippen LogP contribution in [-0.2, 0) is 14.3 Å². The molecule has 0 fully saturated rings. The van der Waals surface area contributed by atoms with Gasteiger partial charge in [-0.1, -0.05) is 17.7 Å². The normalized spacial score (nSPS) is 12.0. The summed E-state index contributed by atoms with van der Waals surface area (Å²) in [5.74, 6) is -2.01. The van der Waals surface area contributed by atoms with Crippen molar-refractivity contribution in [3.05, 3.63) is 34.6 Å². The van der Waals surface area contributed by atoms with Crippen LogP contribution in [0.2, 0.25) is 5.02 Å². The lowest BCUT2D eigenvalue weighted by Gasteiger charge is -2.18. The summed E-state index contributed by atoms with van der Waals surface area (Å²) in [6, 6.07) is 3.19. The zero-order valence-electron chi connectivity index (χ0n) is 12.3. The van der Waals surface area contributed by atoms with Crippen molar-refractivity contribution in [3.8, 4) is 0 Å². The monoisotopic (exact) mass is 331 g/mol. The first-order chi connectivity index (χ1) is 10.4. The first-order valence-corrected chi connectivity index (χ1v) is 7.27. The molecule has 1 amide bonds. The molecule has 0 spiro atoms. The molecule has 0 bridgehead atoms. The number of carbonyl (C=O) groups excluding carboxylic acids is 1. The predicted molar refractivity (Wildman–Crippen MR) is 80.3 cm³/mol. The van der Waals surface area contributed by atoms with Crippen LogP contribution in [0, 0.1) is 5.82 Å². The topological polar surface area (TPSA) is 75.6 Å². The van der Waals surface area contributed by atoms with Crippen molar-refractivity contribution in [2.24, 2.45) is 0 Å². The van der Waals surface area contributed by atoms with Crippen LogP contribution in [0.1, 0.15) is 37.3 Å². The average Bonchev–Trinajstić information content (AvgIpc) is 2.45. The molecule has 0 saturated carbocycles. The van der Waals surface area contributed by atoms with Crippen LogP contribution in [-0.4, -0.2) is 30.7 Å². The van der Waals surface area contributed by atoms with Crippen molar-refractivity contribution < 1.29 is 23.8 Å². The van der Waals surface area contributed by atoms with Crippen molar-refractivity contribution in [2.45, 2.75) is 31.7 Å². The molecule has 1 aromatic carbocycles. The molecule has 5 nitrogen and oxygen atoms in total. The zero-order valence-corrected chi connectivity index (χ0v) is 13.0. The van der Waals surface area contributed by atoms with Gasteiger partial charge < -0.3 is 15.2 Å². The van der Waals surface area contributed by atoms with Gasteiger partial charge in [0.25, 0.3) is 0 Å². The second-order valence-electron chi connectivity index (χ2n) is 4.84. The molecule has 0 aliphatic carbocycles. The molecule has 0 aliphatic heterocycles. The number of ether oxygens (including phenoxy) is 1. The summed E-state index contributed by atoms with van der Waals surface area (Å²) >= 11 is 5.60. The van der Waals surface area contributed by atoms with E-state index in [2.05, 4.69) is 5.32 Å². The number of hydrogen-bond donors (Lipinski definition) is 2. The van der Waals surface area contributed by atoms with Crippen molar-refractivity contribution in [1.82, 2.24) is 5.32 Å². The Labute approximate surface area is 133 Å². The minimum atomic E-state index is -1.08. The standard InChI is InChI=1S/C15H19ClFNO4/c1-22-7-3-2-4-14(19)18-13(9-15(20)21)10-5-6-11(16)12(17)8-10/h5-6,8,13H,2-4,7,9H2,1H3,(H,18,19)(H,20,21). The second kappa shape index (κ2) is 9.38. The van der Waals surface area contributed by atoms with Gasteiger partial charge in [-0.2, -0.15) is 0 Å². The van der Waals surface area contributed by atoms with Gasteiger partial charge in [-0.3, -0.25) is 9.59 Å². The molecule has 2 N–H and O–H groups in total. The SMILES string of the molecule is COCCCCC(=O)NC(CC(=O)O)c1ccc(Cl)c(F)c1. The fraction of sp³-hybridized carbons (Fsp3) is 0.467. The highest BCUT2D eigenvalue weighted by Crippen LogP contribution is 2.22. The van der Waals surface area contributed by atoms with Gasteiger partial charge in [0.1, 0.15) is 5.82 Å². The number of methoxy groups -OCH3 is 1. The molecule has 0 aromatic heterocycles. The Bertz CT molecular complexity index is 524. The van der Waals surface area contributed by atoms with E-state index in [9.17, 15) is 14.0 Å². The molecule has 1 unspecified atom stereocenters. The van der Waals surface area contributed by atoms with E-state index in [1.54, 1.807) is 7.11 Å². The third kappa shape index (κ3) is 6.41. The zero-order chi connectivity index (χ0) is 16.5. The van der Waals surface area contributed by atoms with Crippen LogP contribution in [0.15, 0.2) is 18.2 Å². The fourth-order valence-electron chi connectivity index (χ4n) is 1.95. The van der Waals surface area contributed by atoms with E-state index in [0.717, 1.165) is 12.5 Å². The van der Waals surface area contributed by atoms with Crippen LogP contribution in [0.3, 0.4) is 0 Å². The molecule has 0 aliphatic rings. The Morgan fingerprint density at radius 2 is 2.14 bits per heavy atom. The average molecular weight is 332 g/mol. The van der Waals surface area contributed by atoms with Gasteiger partial charge >= 0.3 is 5.97 Å². The van der Waals surface area contributed by atoms with Gasteiger partial charge in [-0.05, 0) is 30.5 Å². The van der Waals surface area contributed by atoms with E-state index in [1.807, 2.05) is 0 Å². The summed E-state index contributed by atoms with van der Waals surface area (Å²) in [5, 5.41) is 11.5. The van der Waals surface area contributed by atoms with Crippen molar-refractivity contribution in [3.63, 3.8) is 0 Å². The van der Waals surface area contributed by atoms with Gasteiger partial charge in [0.05, 0.1) is 17.5 Å². The summed E-state index contributed by atoms with van der Waals surface area (Å²) in [4.78, 5) is 22.8. The van der Waals surface area contributed by atoms with Gasteiger partial charge in [0.15, 0.2) is 0 Å². The van der Waals surface area contributed by atoms with Crippen molar-refractivity contribution in [2.75, 3.05) is 13.7 Å². The van der Waals surface area contributed by atoms with Gasteiger partial charge in [0.2, 0.25) is 5.91 Å². The number of amides is 1. The van der Waals surface area contributed by atoms with E-state index < -0.39 is 17.8 Å². The third-order valence-corrected chi connectivity index (χ3v) is 3.37. The summed E-state index contributed by atoms with van der Waals surface area (Å²) < 4.78 is 18.4. The summed E-state index contributed by atoms with van der Waals surface area (Å²) in [6.07, 6.45) is 1.30. The van der Waals surface area contributed by atoms with Crippen LogP contribution in [0.4, 0.5) is 4.39 Å². The first-order valence-electron chi connectivity index (χ1n) is 6.89. The molecule has 1 atom stereocenters. The lowest BCUT2D eigenvalue weighted by Crippen LogP contribution is -2.30. The number of carboxylic acid groups (broad SMARTS) is 1. The molecule has 22 heavy (non-hydrogen) atoms. The Morgan fingerprint density at radius 3 is 2.73 bits per heavy atom. The van der Waals surface area contributed by atoms with E-state index >= 15 is 0 Å². The van der Waals surface area contributed by atoms with Gasteiger partial charge in [-0.15, -0.1) is 0 Å². The molecule has 0 saturated heterocycles. The summed E-state index contributed by atoms with van der Waals surface area (Å²) in [6.45, 7) is 0.564. The van der Waals surface area contributed by atoms with Crippen LogP contribution in [0.5, 0.6) is 0 Å². The number of carbonyl (C=O) groups is 2. The molecule has 122 valence electrons. The van der Waals surface area contributed by atoms with Crippen LogP contribution >= 0.6 is 11.6 Å². The van der Waals surface area contributed by atoms with E-state index in [1.165, 1.54) is 12.1 Å². The maximum absolute atomic E-state index is 13.5. The Hall–Kier alpha value is -1.66. The van der Waals surface area contributed by atoms with Crippen molar-refractivity contribution in [1.29, 1.82) is 0 Å². The summed E-state index contributed by atoms with van der Waals surface area (Å²) in [5.41, 5.74) is 0.370. The quantitative estimate of drug-likeness (QED) is 0.682. The maximum Gasteiger partial charge on any atom is 0.305 e. The molecule has 1 rings (SSSR count). The number of benzene rings is 1. The Balaban J connectivity index is 2.69. The lowest BCUT2D eigenvalue weighted by atomic mass is 10.0. The summed E-state index contributed by atoms with van der Waals surface area (Å²) in [7, 11) is 1.58. The van der Waals surface area contributed by atoms with Crippen molar-refractivity contribution >= 4 is 23.5 Å². The fourth-order valence-corrected chi connectivity index (χ4v) is 2.07. The van der Waals surface area contributed by atoms with Crippen LogP contribution in [0.25, 0.3) is 0 Å². The molecule has 0 radical (unpaired) electrons. The maximum atomic E-state index is 13.5. The highest BCUT2D eigenvalue weighted by atomic mass is 35.5. The second-order valence-corrected chi connectivity index (χ2v) is 5.25. The lowest BCUT2D eigenvalue weighted by molar-refractivity contribution is -0.137. The molecule has 7 heteroatoms. The smallest absolute Gasteiger partial charge is 0.305 e. The van der Waals surface area contributed by atoms with Gasteiger partial charge in [-0.25, -0.2) is 4.39 Å². The number of unbranched alkanes of at least 4 members (excludes halogenated alkanes) is 1. The molecular weight excluding hydrogens is 313 g/mol. The Kier molecular flexibility index (Phi) is 7.84. The highest BCUT2D eigenvalue weighted by Gasteiger charge is 2.19. The molecular formula is C15H19ClFNO4. The van der Waals surface area contributed by atoms with E-state index in [-0.39, 0.29) is 23.8 Å². The Morgan fingerprint density at radius 1 is 1.41 bits per heavy atom. The number of hydrogen-bond acceptors (Lipinski definition) is 3. The third-order valence-electron chi connectivity index (χ3n) is 3.06.